The van der Waals surface area contributed by atoms with Crippen molar-refractivity contribution in [2.75, 3.05) is 19.7 Å². The van der Waals surface area contributed by atoms with Gasteiger partial charge < -0.3 is 14.6 Å². The molecule has 13 heteroatoms. The monoisotopic (exact) mass is 492 g/mol. The Hall–Kier alpha value is -2.77. The third-order valence-electron chi connectivity index (χ3n) is 4.98. The van der Waals surface area contributed by atoms with E-state index in [1.165, 1.54) is 22.5 Å². The summed E-state index contributed by atoms with van der Waals surface area (Å²) in [6, 6.07) is 10.5. The number of carbonyl (C=O) groups is 1. The average Bonchev–Trinajstić information content (AvgIpc) is 2.72. The predicted molar refractivity (Wildman–Crippen MR) is 105 cm³/mol. The number of hydrogen-bond acceptors (Lipinski definition) is 6. The molecule has 1 atom stereocenters. The van der Waals surface area contributed by atoms with E-state index in [0.29, 0.717) is 18.9 Å². The molecular formula is C20H20F4N2O6S. The molecule has 180 valence electrons. The van der Waals surface area contributed by atoms with Crippen molar-refractivity contribution in [3.63, 3.8) is 0 Å². The number of aliphatic carboxylic acids is 1. The van der Waals surface area contributed by atoms with Gasteiger partial charge in [0.05, 0.1) is 17.1 Å². The van der Waals surface area contributed by atoms with Gasteiger partial charge in [-0.3, -0.25) is 0 Å². The quantitative estimate of drug-likeness (QED) is 0.655. The number of carboxylic acids is 1. The van der Waals surface area contributed by atoms with E-state index >= 15 is 0 Å². The van der Waals surface area contributed by atoms with Gasteiger partial charge in [-0.05, 0) is 24.3 Å². The van der Waals surface area contributed by atoms with Crippen molar-refractivity contribution in [2.24, 2.45) is 0 Å². The fraction of sp³-hybridized carbons (Fsp3) is 0.400. The lowest BCUT2D eigenvalue weighted by molar-refractivity contribution is -0.192. The predicted octanol–water partition coefficient (Wildman–Crippen LogP) is 2.86. The minimum absolute atomic E-state index is 0.0376. The van der Waals surface area contributed by atoms with E-state index in [2.05, 4.69) is 4.98 Å². The van der Waals surface area contributed by atoms with Crippen LogP contribution in [0.1, 0.15) is 12.8 Å². The van der Waals surface area contributed by atoms with Crippen LogP contribution in [0.4, 0.5) is 17.6 Å². The Morgan fingerprint density at radius 1 is 1.21 bits per heavy atom. The van der Waals surface area contributed by atoms with Crippen LogP contribution in [0.15, 0.2) is 53.6 Å². The van der Waals surface area contributed by atoms with E-state index in [-0.39, 0.29) is 24.1 Å². The minimum Gasteiger partial charge on any atom is -0.475 e. The molecule has 2 fully saturated rings. The van der Waals surface area contributed by atoms with Crippen LogP contribution in [0.2, 0.25) is 0 Å². The summed E-state index contributed by atoms with van der Waals surface area (Å²) in [5, 5.41) is 7.12. The van der Waals surface area contributed by atoms with E-state index in [4.69, 9.17) is 19.4 Å². The Bertz CT molecular complexity index is 1080. The van der Waals surface area contributed by atoms with Crippen LogP contribution in [-0.2, 0) is 19.6 Å². The minimum atomic E-state index is -5.08. The van der Waals surface area contributed by atoms with Crippen molar-refractivity contribution in [3.8, 4) is 5.88 Å². The van der Waals surface area contributed by atoms with Crippen molar-refractivity contribution >= 4 is 16.0 Å². The van der Waals surface area contributed by atoms with Crippen LogP contribution in [-0.4, -0.2) is 66.4 Å². The summed E-state index contributed by atoms with van der Waals surface area (Å²) in [6.07, 6.45) is -2.16. The Morgan fingerprint density at radius 3 is 2.48 bits per heavy atom. The number of pyridine rings is 1. The molecule has 0 saturated carbocycles. The Labute approximate surface area is 186 Å². The molecule has 2 aliphatic rings. The zero-order valence-corrected chi connectivity index (χ0v) is 17.9. The van der Waals surface area contributed by atoms with Gasteiger partial charge in [-0.2, -0.15) is 17.5 Å². The second kappa shape index (κ2) is 9.61. The maximum absolute atomic E-state index is 13.4. The van der Waals surface area contributed by atoms with Gasteiger partial charge >= 0.3 is 12.1 Å². The zero-order valence-electron chi connectivity index (χ0n) is 17.0. The molecule has 0 amide bonds. The highest BCUT2D eigenvalue weighted by atomic mass is 32.2. The zero-order chi connectivity index (χ0) is 24.3. The van der Waals surface area contributed by atoms with Crippen molar-refractivity contribution in [1.29, 1.82) is 0 Å². The summed E-state index contributed by atoms with van der Waals surface area (Å²) in [5.74, 6) is -2.77. The molecule has 2 aromatic rings. The molecule has 33 heavy (non-hydrogen) atoms. The highest BCUT2D eigenvalue weighted by molar-refractivity contribution is 7.89. The third kappa shape index (κ3) is 6.18. The van der Waals surface area contributed by atoms with Crippen LogP contribution in [0.25, 0.3) is 0 Å². The Balaban J connectivity index is 0.000000383. The van der Waals surface area contributed by atoms with E-state index in [1.807, 2.05) is 12.1 Å². The summed E-state index contributed by atoms with van der Waals surface area (Å²) in [6.45, 7) is 0.993. The number of nitrogens with zero attached hydrogens (tertiary/aromatic N) is 2. The van der Waals surface area contributed by atoms with Gasteiger partial charge in [-0.15, -0.1) is 0 Å². The van der Waals surface area contributed by atoms with Crippen molar-refractivity contribution in [3.05, 3.63) is 54.5 Å². The van der Waals surface area contributed by atoms with E-state index in [1.54, 1.807) is 12.3 Å². The number of alkyl halides is 3. The number of aromatic nitrogens is 1. The summed E-state index contributed by atoms with van der Waals surface area (Å²) >= 11 is 0. The number of carboxylic acid groups (broad SMARTS) is 1. The summed E-state index contributed by atoms with van der Waals surface area (Å²) in [5.41, 5.74) is -0.544. The van der Waals surface area contributed by atoms with Gasteiger partial charge in [0.1, 0.15) is 11.9 Å². The first-order chi connectivity index (χ1) is 15.4. The highest BCUT2D eigenvalue weighted by Gasteiger charge is 2.52. The number of halogens is 4. The molecule has 1 spiro atoms. The van der Waals surface area contributed by atoms with E-state index in [0.717, 1.165) is 12.5 Å². The maximum Gasteiger partial charge on any atom is 0.490 e. The van der Waals surface area contributed by atoms with Gasteiger partial charge in [0.2, 0.25) is 15.9 Å². The standard InChI is InChI=1S/C18H19FN2O4S.C2HF3O2/c19-14-4-3-5-16(10-14)26(22,23)21-12-18(13-21)11-15(7-9-24-18)25-17-6-1-2-8-20-17;3-2(4,5)1(6)7/h1-6,8,10,15H,7,9,11-13H2;(H,6,7). The maximum atomic E-state index is 13.4. The number of rotatable bonds is 4. The second-order valence-corrected chi connectivity index (χ2v) is 9.40. The van der Waals surface area contributed by atoms with Gasteiger partial charge in [0.25, 0.3) is 0 Å². The number of sulfonamides is 1. The van der Waals surface area contributed by atoms with Crippen LogP contribution < -0.4 is 4.74 Å². The largest absolute Gasteiger partial charge is 0.490 e. The highest BCUT2D eigenvalue weighted by Crippen LogP contribution is 2.38. The molecule has 1 N–H and O–H groups in total. The molecule has 0 radical (unpaired) electrons. The van der Waals surface area contributed by atoms with Crippen molar-refractivity contribution in [1.82, 2.24) is 9.29 Å². The van der Waals surface area contributed by atoms with E-state index < -0.39 is 33.6 Å². The molecule has 2 saturated heterocycles. The van der Waals surface area contributed by atoms with E-state index in [9.17, 15) is 26.0 Å². The van der Waals surface area contributed by atoms with Crippen LogP contribution in [0, 0.1) is 5.82 Å². The molecular weight excluding hydrogens is 472 g/mol. The third-order valence-corrected chi connectivity index (χ3v) is 6.77. The molecule has 3 heterocycles. The molecule has 2 aliphatic heterocycles. The first-order valence-corrected chi connectivity index (χ1v) is 11.1. The smallest absolute Gasteiger partial charge is 0.475 e. The van der Waals surface area contributed by atoms with Gasteiger partial charge in [0.15, 0.2) is 0 Å². The van der Waals surface area contributed by atoms with Crippen molar-refractivity contribution < 1.29 is 45.4 Å². The van der Waals surface area contributed by atoms with Crippen molar-refractivity contribution in [2.45, 2.75) is 35.6 Å². The molecule has 1 aromatic carbocycles. The summed E-state index contributed by atoms with van der Waals surface area (Å²) in [7, 11) is -3.72. The molecule has 1 unspecified atom stereocenters. The van der Waals surface area contributed by atoms with Crippen LogP contribution in [0.3, 0.4) is 0 Å². The normalized spacial score (nSPS) is 20.3. The Kier molecular flexibility index (Phi) is 7.24. The fourth-order valence-corrected chi connectivity index (χ4v) is 5.05. The summed E-state index contributed by atoms with van der Waals surface area (Å²) < 4.78 is 83.4. The number of hydrogen-bond donors (Lipinski definition) is 1. The average molecular weight is 492 g/mol. The van der Waals surface area contributed by atoms with Gasteiger partial charge in [-0.25, -0.2) is 22.6 Å². The molecule has 0 bridgehead atoms. The van der Waals surface area contributed by atoms with Gasteiger partial charge in [-0.1, -0.05) is 12.1 Å². The van der Waals surface area contributed by atoms with Crippen LogP contribution >= 0.6 is 0 Å². The van der Waals surface area contributed by atoms with Gasteiger partial charge in [0, 0.05) is 38.2 Å². The number of benzene rings is 1. The molecule has 0 aliphatic carbocycles. The Morgan fingerprint density at radius 2 is 1.91 bits per heavy atom. The summed E-state index contributed by atoms with van der Waals surface area (Å²) in [4.78, 5) is 13.0. The lowest BCUT2D eigenvalue weighted by Gasteiger charge is -2.51. The first-order valence-electron chi connectivity index (χ1n) is 9.69. The number of ether oxygens (including phenoxy) is 2. The topological polar surface area (TPSA) is 106 Å². The lowest BCUT2D eigenvalue weighted by atomic mass is 9.86. The van der Waals surface area contributed by atoms with Crippen LogP contribution in [0.5, 0.6) is 5.88 Å². The lowest BCUT2D eigenvalue weighted by Crippen LogP contribution is -2.67. The molecule has 8 nitrogen and oxygen atoms in total. The fourth-order valence-electron chi connectivity index (χ4n) is 3.43. The second-order valence-electron chi connectivity index (χ2n) is 7.47. The SMILES string of the molecule is O=C(O)C(F)(F)F.O=S(=O)(c1cccc(F)c1)N1CC2(CC(Oc3ccccn3)CCO2)C1. The molecule has 4 rings (SSSR count). The molecule has 1 aromatic heterocycles. The first kappa shape index (κ1) is 24.9.